The van der Waals surface area contributed by atoms with Gasteiger partial charge in [-0.1, -0.05) is 26.1 Å². The molecule has 15 heavy (non-hydrogen) atoms. The third-order valence-corrected chi connectivity index (χ3v) is 2.13. The van der Waals surface area contributed by atoms with Gasteiger partial charge in [-0.3, -0.25) is 0 Å². The second-order valence-electron chi connectivity index (χ2n) is 3.93. The highest BCUT2D eigenvalue weighted by Gasteiger charge is 2.01. The fourth-order valence-electron chi connectivity index (χ4n) is 1.38. The summed E-state index contributed by atoms with van der Waals surface area (Å²) in [5.41, 5.74) is 1.14. The van der Waals surface area contributed by atoms with Crippen LogP contribution in [0.5, 0.6) is 0 Å². The van der Waals surface area contributed by atoms with Crippen LogP contribution in [-0.4, -0.2) is 16.6 Å². The maximum atomic E-state index is 5.29. The molecule has 1 aromatic rings. The molecule has 1 aromatic heterocycles. The summed E-state index contributed by atoms with van der Waals surface area (Å²) in [6, 6.07) is 1.92. The molecule has 0 saturated carbocycles. The molecular formula is C11H18N2OS. The van der Waals surface area contributed by atoms with Crippen molar-refractivity contribution in [3.63, 3.8) is 0 Å². The first-order chi connectivity index (χ1) is 7.11. The molecule has 1 heterocycles. The van der Waals surface area contributed by atoms with E-state index in [0.29, 0.717) is 23.8 Å². The van der Waals surface area contributed by atoms with Crippen molar-refractivity contribution < 1.29 is 4.74 Å². The van der Waals surface area contributed by atoms with Gasteiger partial charge in [-0.2, -0.15) is 0 Å². The highest BCUT2D eigenvalue weighted by Crippen LogP contribution is 2.06. The largest absolute Gasteiger partial charge is 0.374 e. The fourth-order valence-corrected chi connectivity index (χ4v) is 1.63. The topological polar surface area (TPSA) is 37.9 Å². The maximum Gasteiger partial charge on any atom is 0.134 e. The molecule has 0 unspecified atom stereocenters. The van der Waals surface area contributed by atoms with E-state index in [1.165, 1.54) is 0 Å². The van der Waals surface area contributed by atoms with Gasteiger partial charge in [0.1, 0.15) is 17.1 Å². The van der Waals surface area contributed by atoms with Crippen molar-refractivity contribution in [2.45, 2.75) is 33.8 Å². The van der Waals surface area contributed by atoms with E-state index < -0.39 is 0 Å². The lowest BCUT2D eigenvalue weighted by atomic mass is 10.1. The Labute approximate surface area is 95.9 Å². The van der Waals surface area contributed by atoms with E-state index in [9.17, 15) is 0 Å². The number of hydrogen-bond acceptors (Lipinski definition) is 3. The number of hydrogen-bond donors (Lipinski definition) is 1. The van der Waals surface area contributed by atoms with Gasteiger partial charge < -0.3 is 9.72 Å². The molecule has 0 saturated heterocycles. The first kappa shape index (κ1) is 12.3. The number of rotatable bonds is 5. The van der Waals surface area contributed by atoms with Crippen LogP contribution in [0.2, 0.25) is 0 Å². The second kappa shape index (κ2) is 5.98. The van der Waals surface area contributed by atoms with Crippen molar-refractivity contribution in [1.82, 2.24) is 9.97 Å². The van der Waals surface area contributed by atoms with Gasteiger partial charge in [-0.05, 0) is 25.3 Å². The molecule has 1 rings (SSSR count). The maximum absolute atomic E-state index is 5.29. The Morgan fingerprint density at radius 1 is 1.53 bits per heavy atom. The molecule has 0 aliphatic rings. The number of aromatic nitrogens is 2. The average Bonchev–Trinajstić information content (AvgIpc) is 2.12. The van der Waals surface area contributed by atoms with E-state index in [1.807, 2.05) is 13.0 Å². The zero-order chi connectivity index (χ0) is 11.3. The van der Waals surface area contributed by atoms with Crippen LogP contribution in [0, 0.1) is 10.6 Å². The zero-order valence-electron chi connectivity index (χ0n) is 9.54. The Kier molecular flexibility index (Phi) is 4.91. The molecule has 1 N–H and O–H groups in total. The SMILES string of the molecule is CCOCc1nc(=S)cc(CC(C)C)[nH]1. The summed E-state index contributed by atoms with van der Waals surface area (Å²) in [5.74, 6) is 1.43. The highest BCUT2D eigenvalue weighted by molar-refractivity contribution is 7.71. The summed E-state index contributed by atoms with van der Waals surface area (Å²) >= 11 is 5.10. The third kappa shape index (κ3) is 4.53. The van der Waals surface area contributed by atoms with Crippen molar-refractivity contribution in [3.05, 3.63) is 22.2 Å². The molecule has 0 amide bonds. The standard InChI is InChI=1S/C11H18N2OS/c1-4-14-7-10-12-9(5-8(2)3)6-11(15)13-10/h6,8H,4-5,7H2,1-3H3,(H,12,13,15). The number of aromatic amines is 1. The molecule has 0 bridgehead atoms. The number of ether oxygens (including phenoxy) is 1. The predicted molar refractivity (Wildman–Crippen MR) is 63.3 cm³/mol. The molecule has 0 radical (unpaired) electrons. The summed E-state index contributed by atoms with van der Waals surface area (Å²) in [7, 11) is 0. The van der Waals surface area contributed by atoms with Crippen LogP contribution in [0.3, 0.4) is 0 Å². The Morgan fingerprint density at radius 3 is 2.87 bits per heavy atom. The van der Waals surface area contributed by atoms with E-state index >= 15 is 0 Å². The molecule has 0 spiro atoms. The minimum absolute atomic E-state index is 0.506. The van der Waals surface area contributed by atoms with Gasteiger partial charge in [-0.25, -0.2) is 4.98 Å². The average molecular weight is 226 g/mol. The van der Waals surface area contributed by atoms with Crippen LogP contribution in [0.1, 0.15) is 32.3 Å². The molecule has 3 nitrogen and oxygen atoms in total. The van der Waals surface area contributed by atoms with Gasteiger partial charge in [0.2, 0.25) is 0 Å². The van der Waals surface area contributed by atoms with E-state index in [-0.39, 0.29) is 0 Å². The third-order valence-electron chi connectivity index (χ3n) is 1.92. The zero-order valence-corrected chi connectivity index (χ0v) is 10.4. The van der Waals surface area contributed by atoms with Gasteiger partial charge in [0, 0.05) is 12.3 Å². The summed E-state index contributed by atoms with van der Waals surface area (Å²) in [5, 5.41) is 0. The van der Waals surface area contributed by atoms with Crippen molar-refractivity contribution in [3.8, 4) is 0 Å². The highest BCUT2D eigenvalue weighted by atomic mass is 32.1. The van der Waals surface area contributed by atoms with Crippen LogP contribution in [0.15, 0.2) is 6.07 Å². The molecule has 0 atom stereocenters. The molecule has 0 aliphatic carbocycles. The number of nitrogens with one attached hydrogen (secondary N) is 1. The minimum atomic E-state index is 0.506. The Bertz CT molecular complexity index is 360. The van der Waals surface area contributed by atoms with E-state index in [4.69, 9.17) is 17.0 Å². The van der Waals surface area contributed by atoms with Crippen LogP contribution in [-0.2, 0) is 17.8 Å². The number of nitrogens with zero attached hydrogens (tertiary/aromatic N) is 1. The molecule has 0 aromatic carbocycles. The predicted octanol–water partition coefficient (Wildman–Crippen LogP) is 2.87. The lowest BCUT2D eigenvalue weighted by molar-refractivity contribution is 0.128. The monoisotopic (exact) mass is 226 g/mol. The van der Waals surface area contributed by atoms with Crippen LogP contribution in [0.4, 0.5) is 0 Å². The minimum Gasteiger partial charge on any atom is -0.374 e. The first-order valence-electron chi connectivity index (χ1n) is 5.28. The lowest BCUT2D eigenvalue weighted by Crippen LogP contribution is -2.04. The van der Waals surface area contributed by atoms with E-state index in [1.54, 1.807) is 0 Å². The Morgan fingerprint density at radius 2 is 2.27 bits per heavy atom. The number of H-pyrrole nitrogens is 1. The van der Waals surface area contributed by atoms with Gasteiger partial charge >= 0.3 is 0 Å². The van der Waals surface area contributed by atoms with Crippen LogP contribution >= 0.6 is 12.2 Å². The van der Waals surface area contributed by atoms with Gasteiger partial charge in [-0.15, -0.1) is 0 Å². The summed E-state index contributed by atoms with van der Waals surface area (Å²) < 4.78 is 5.93. The Balaban J connectivity index is 2.80. The summed E-state index contributed by atoms with van der Waals surface area (Å²) in [4.78, 5) is 7.46. The lowest BCUT2D eigenvalue weighted by Gasteiger charge is -2.07. The van der Waals surface area contributed by atoms with Gasteiger partial charge in [0.05, 0.1) is 0 Å². The fraction of sp³-hybridized carbons (Fsp3) is 0.636. The smallest absolute Gasteiger partial charge is 0.134 e. The van der Waals surface area contributed by atoms with Crippen molar-refractivity contribution in [1.29, 1.82) is 0 Å². The van der Waals surface area contributed by atoms with Crippen LogP contribution in [0.25, 0.3) is 0 Å². The van der Waals surface area contributed by atoms with Gasteiger partial charge in [0.15, 0.2) is 0 Å². The Hall–Kier alpha value is -0.740. The quantitative estimate of drug-likeness (QED) is 0.784. The van der Waals surface area contributed by atoms with Crippen molar-refractivity contribution in [2.75, 3.05) is 6.61 Å². The normalized spacial score (nSPS) is 10.9. The van der Waals surface area contributed by atoms with E-state index in [0.717, 1.165) is 17.9 Å². The molecule has 4 heteroatoms. The second-order valence-corrected chi connectivity index (χ2v) is 4.34. The summed E-state index contributed by atoms with van der Waals surface area (Å²) in [6.07, 6.45) is 0.991. The van der Waals surface area contributed by atoms with Crippen molar-refractivity contribution >= 4 is 12.2 Å². The van der Waals surface area contributed by atoms with E-state index in [2.05, 4.69) is 23.8 Å². The first-order valence-corrected chi connectivity index (χ1v) is 5.69. The molecule has 84 valence electrons. The molecule has 0 fully saturated rings. The van der Waals surface area contributed by atoms with Crippen LogP contribution < -0.4 is 0 Å². The van der Waals surface area contributed by atoms with Gasteiger partial charge in [0.25, 0.3) is 0 Å². The summed E-state index contributed by atoms with van der Waals surface area (Å²) in [6.45, 7) is 7.52. The molecule has 0 aliphatic heterocycles. The molecular weight excluding hydrogens is 208 g/mol. The van der Waals surface area contributed by atoms with Crippen molar-refractivity contribution in [2.24, 2.45) is 5.92 Å².